The van der Waals surface area contributed by atoms with Crippen LogP contribution in [0.3, 0.4) is 0 Å². The minimum absolute atomic E-state index is 0.0364. The van der Waals surface area contributed by atoms with E-state index in [1.165, 1.54) is 18.0 Å². The topological polar surface area (TPSA) is 98.4 Å². The summed E-state index contributed by atoms with van der Waals surface area (Å²) < 4.78 is 4.89. The molecule has 1 atom stereocenters. The number of thioether (sulfide) groups is 1. The van der Waals surface area contributed by atoms with Gasteiger partial charge in [0.15, 0.2) is 5.16 Å². The maximum absolute atomic E-state index is 12.7. The molecule has 0 spiro atoms. The number of amides is 1. The Hall–Kier alpha value is -2.32. The number of nitrogen functional groups attached to an aromatic ring is 1. The molecular formula is C17H17ClN4O3S. The van der Waals surface area contributed by atoms with Gasteiger partial charge in [0, 0.05) is 12.7 Å². The Morgan fingerprint density at radius 1 is 1.46 bits per heavy atom. The average molecular weight is 393 g/mol. The number of esters is 1. The van der Waals surface area contributed by atoms with Crippen molar-refractivity contribution >= 4 is 46.7 Å². The van der Waals surface area contributed by atoms with E-state index in [1.54, 1.807) is 17.9 Å². The van der Waals surface area contributed by atoms with Crippen LogP contribution in [0.4, 0.5) is 11.5 Å². The standard InChI is InChI=1S/C17H17ClN4O3S/c1-2-25-16(24)10-9-20-17(21-14(10)19)26-13-7-8-22(15(13)23)12-6-4-3-5-11(12)18/h3-6,9,13H,2,7-8H2,1H3,(H2,19,20,21)/t13-/m0/s1. The summed E-state index contributed by atoms with van der Waals surface area (Å²) in [5.74, 6) is -0.586. The zero-order chi connectivity index (χ0) is 18.7. The molecule has 0 aliphatic carbocycles. The highest BCUT2D eigenvalue weighted by Gasteiger charge is 2.35. The van der Waals surface area contributed by atoms with Crippen molar-refractivity contribution in [2.45, 2.75) is 23.8 Å². The fraction of sp³-hybridized carbons (Fsp3) is 0.294. The molecule has 136 valence electrons. The number of carbonyl (C=O) groups excluding carboxylic acids is 2. The molecule has 0 bridgehead atoms. The first-order valence-corrected chi connectivity index (χ1v) is 9.29. The molecule has 2 N–H and O–H groups in total. The molecule has 1 aromatic carbocycles. The number of nitrogens with two attached hydrogens (primary N) is 1. The lowest BCUT2D eigenvalue weighted by Crippen LogP contribution is -2.28. The Morgan fingerprint density at radius 2 is 2.23 bits per heavy atom. The lowest BCUT2D eigenvalue weighted by Gasteiger charge is -2.17. The molecule has 0 radical (unpaired) electrons. The molecule has 1 aromatic heterocycles. The fourth-order valence-electron chi connectivity index (χ4n) is 2.60. The molecule has 2 heterocycles. The maximum Gasteiger partial charge on any atom is 0.343 e. The lowest BCUT2D eigenvalue weighted by atomic mass is 10.3. The number of para-hydroxylation sites is 1. The van der Waals surface area contributed by atoms with Crippen LogP contribution >= 0.6 is 23.4 Å². The molecule has 1 fully saturated rings. The summed E-state index contributed by atoms with van der Waals surface area (Å²) in [6, 6.07) is 7.23. The first-order valence-electron chi connectivity index (χ1n) is 8.03. The number of nitrogens with zero attached hydrogens (tertiary/aromatic N) is 3. The van der Waals surface area contributed by atoms with Crippen LogP contribution in [0.1, 0.15) is 23.7 Å². The lowest BCUT2D eigenvalue weighted by molar-refractivity contribution is -0.116. The largest absolute Gasteiger partial charge is 0.462 e. The molecule has 7 nitrogen and oxygen atoms in total. The highest BCUT2D eigenvalue weighted by molar-refractivity contribution is 8.00. The quantitative estimate of drug-likeness (QED) is 0.617. The van der Waals surface area contributed by atoms with Crippen molar-refractivity contribution in [1.82, 2.24) is 9.97 Å². The molecule has 0 unspecified atom stereocenters. The molecule has 26 heavy (non-hydrogen) atoms. The van der Waals surface area contributed by atoms with Gasteiger partial charge in [0.05, 0.1) is 22.6 Å². The van der Waals surface area contributed by atoms with Crippen molar-refractivity contribution < 1.29 is 14.3 Å². The van der Waals surface area contributed by atoms with E-state index < -0.39 is 5.97 Å². The molecule has 3 rings (SSSR count). The van der Waals surface area contributed by atoms with E-state index in [0.717, 1.165) is 0 Å². The summed E-state index contributed by atoms with van der Waals surface area (Å²) in [6.07, 6.45) is 1.96. The van der Waals surface area contributed by atoms with E-state index in [1.807, 2.05) is 18.2 Å². The SMILES string of the molecule is CCOC(=O)c1cnc(S[C@H]2CCN(c3ccccc3Cl)C2=O)nc1N. The van der Waals surface area contributed by atoms with Gasteiger partial charge in [-0.25, -0.2) is 14.8 Å². The van der Waals surface area contributed by atoms with Crippen molar-refractivity contribution in [3.8, 4) is 0 Å². The summed E-state index contributed by atoms with van der Waals surface area (Å²) in [4.78, 5) is 34.4. The number of hydrogen-bond acceptors (Lipinski definition) is 7. The maximum atomic E-state index is 12.7. The molecule has 0 saturated carbocycles. The molecule has 9 heteroatoms. The van der Waals surface area contributed by atoms with Gasteiger partial charge in [-0.1, -0.05) is 35.5 Å². The molecule has 1 saturated heterocycles. The Balaban J connectivity index is 1.72. The van der Waals surface area contributed by atoms with Gasteiger partial charge < -0.3 is 15.4 Å². The molecule has 1 aliphatic heterocycles. The highest BCUT2D eigenvalue weighted by atomic mass is 35.5. The fourth-order valence-corrected chi connectivity index (χ4v) is 3.81. The summed E-state index contributed by atoms with van der Waals surface area (Å²) in [7, 11) is 0. The Bertz CT molecular complexity index is 849. The average Bonchev–Trinajstić information content (AvgIpc) is 2.96. The number of carbonyl (C=O) groups is 2. The van der Waals surface area contributed by atoms with Crippen molar-refractivity contribution in [2.24, 2.45) is 0 Å². The third-order valence-electron chi connectivity index (χ3n) is 3.84. The number of aromatic nitrogens is 2. The number of anilines is 2. The molecule has 1 amide bonds. The van der Waals surface area contributed by atoms with E-state index >= 15 is 0 Å². The zero-order valence-electron chi connectivity index (χ0n) is 14.0. The zero-order valence-corrected chi connectivity index (χ0v) is 15.6. The minimum Gasteiger partial charge on any atom is -0.462 e. The Morgan fingerprint density at radius 3 is 2.92 bits per heavy atom. The Labute approximate surface area is 159 Å². The van der Waals surface area contributed by atoms with Gasteiger partial charge >= 0.3 is 5.97 Å². The first-order chi connectivity index (χ1) is 12.5. The van der Waals surface area contributed by atoms with Gasteiger partial charge in [0.1, 0.15) is 11.4 Å². The second kappa shape index (κ2) is 7.92. The smallest absolute Gasteiger partial charge is 0.343 e. The third kappa shape index (κ3) is 3.76. The normalized spacial score (nSPS) is 16.8. The molecule has 2 aromatic rings. The van der Waals surface area contributed by atoms with Crippen LogP contribution in [-0.2, 0) is 9.53 Å². The molecular weight excluding hydrogens is 376 g/mol. The van der Waals surface area contributed by atoms with Gasteiger partial charge in [-0.2, -0.15) is 0 Å². The monoisotopic (exact) mass is 392 g/mol. The number of benzene rings is 1. The van der Waals surface area contributed by atoms with E-state index in [4.69, 9.17) is 22.1 Å². The van der Waals surface area contributed by atoms with Crippen LogP contribution in [-0.4, -0.2) is 40.2 Å². The van der Waals surface area contributed by atoms with Gasteiger partial charge in [0.2, 0.25) is 5.91 Å². The second-order valence-electron chi connectivity index (χ2n) is 5.51. The van der Waals surface area contributed by atoms with E-state index in [-0.39, 0.29) is 29.1 Å². The summed E-state index contributed by atoms with van der Waals surface area (Å²) in [5, 5.41) is 0.541. The van der Waals surface area contributed by atoms with Crippen LogP contribution in [0, 0.1) is 0 Å². The van der Waals surface area contributed by atoms with Crippen molar-refractivity contribution in [1.29, 1.82) is 0 Å². The minimum atomic E-state index is -0.566. The van der Waals surface area contributed by atoms with Crippen LogP contribution in [0.25, 0.3) is 0 Å². The number of hydrogen-bond donors (Lipinski definition) is 1. The number of halogens is 1. The number of rotatable bonds is 5. The highest BCUT2D eigenvalue weighted by Crippen LogP contribution is 2.34. The summed E-state index contributed by atoms with van der Waals surface area (Å²) in [5.41, 5.74) is 6.63. The van der Waals surface area contributed by atoms with Crippen molar-refractivity contribution in [3.05, 3.63) is 41.0 Å². The first kappa shape index (κ1) is 18.5. The second-order valence-corrected chi connectivity index (χ2v) is 7.09. The van der Waals surface area contributed by atoms with Gasteiger partial charge in [-0.15, -0.1) is 0 Å². The van der Waals surface area contributed by atoms with Crippen LogP contribution in [0.5, 0.6) is 0 Å². The van der Waals surface area contributed by atoms with Crippen LogP contribution < -0.4 is 10.6 Å². The summed E-state index contributed by atoms with van der Waals surface area (Å²) in [6.45, 7) is 2.51. The van der Waals surface area contributed by atoms with Crippen molar-refractivity contribution in [2.75, 3.05) is 23.8 Å². The van der Waals surface area contributed by atoms with Crippen LogP contribution in [0.15, 0.2) is 35.6 Å². The number of ether oxygens (including phenoxy) is 1. The van der Waals surface area contributed by atoms with E-state index in [2.05, 4.69) is 9.97 Å². The predicted molar refractivity (Wildman–Crippen MR) is 100 cm³/mol. The van der Waals surface area contributed by atoms with Gasteiger partial charge in [0.25, 0.3) is 0 Å². The van der Waals surface area contributed by atoms with E-state index in [0.29, 0.717) is 28.8 Å². The Kier molecular flexibility index (Phi) is 5.63. The predicted octanol–water partition coefficient (Wildman–Crippen LogP) is 2.79. The van der Waals surface area contributed by atoms with E-state index in [9.17, 15) is 9.59 Å². The van der Waals surface area contributed by atoms with Gasteiger partial charge in [-0.05, 0) is 25.5 Å². The van der Waals surface area contributed by atoms with Crippen molar-refractivity contribution in [3.63, 3.8) is 0 Å². The molecule has 1 aliphatic rings. The van der Waals surface area contributed by atoms with Crippen LogP contribution in [0.2, 0.25) is 5.02 Å². The summed E-state index contributed by atoms with van der Waals surface area (Å²) >= 11 is 7.41. The third-order valence-corrected chi connectivity index (χ3v) is 5.29. The van der Waals surface area contributed by atoms with Gasteiger partial charge in [-0.3, -0.25) is 4.79 Å².